The Morgan fingerprint density at radius 1 is 1.26 bits per heavy atom. The molecule has 0 atom stereocenters. The fourth-order valence-electron chi connectivity index (χ4n) is 1.40. The molecule has 0 fully saturated rings. The molecule has 0 saturated carbocycles. The third-order valence-corrected chi connectivity index (χ3v) is 2.72. The van der Waals surface area contributed by atoms with Gasteiger partial charge in [0.15, 0.2) is 0 Å². The first kappa shape index (κ1) is 15.5. The molecule has 0 heterocycles. The van der Waals surface area contributed by atoms with Crippen LogP contribution < -0.4 is 4.74 Å². The summed E-state index contributed by atoms with van der Waals surface area (Å²) in [6.45, 7) is 4.38. The second-order valence-corrected chi connectivity index (χ2v) is 4.30. The average molecular weight is 285 g/mol. The first-order valence-electron chi connectivity index (χ1n) is 6.24. The molecule has 1 rings (SSSR count). The summed E-state index contributed by atoms with van der Waals surface area (Å²) < 4.78 is 10.1. The number of ether oxygens (including phenoxy) is 2. The summed E-state index contributed by atoms with van der Waals surface area (Å²) >= 11 is 5.97. The number of ketones is 1. The number of unbranched alkanes of at least 4 members (excludes halogenated alkanes) is 1. The Morgan fingerprint density at radius 2 is 2.00 bits per heavy atom. The van der Waals surface area contributed by atoms with Crippen molar-refractivity contribution < 1.29 is 19.1 Å². The molecule has 0 N–H and O–H groups in total. The Bertz CT molecular complexity index is 457. The summed E-state index contributed by atoms with van der Waals surface area (Å²) in [5.41, 5.74) is 0.217. The third kappa shape index (κ3) is 4.56. The van der Waals surface area contributed by atoms with Crippen molar-refractivity contribution in [1.29, 1.82) is 0 Å². The van der Waals surface area contributed by atoms with Gasteiger partial charge in [0, 0.05) is 5.56 Å². The normalized spacial score (nSPS) is 10.1. The second kappa shape index (κ2) is 7.79. The van der Waals surface area contributed by atoms with Gasteiger partial charge in [0.05, 0.1) is 18.2 Å². The molecule has 0 bridgehead atoms. The van der Waals surface area contributed by atoms with Gasteiger partial charge in [-0.05, 0) is 31.5 Å². The van der Waals surface area contributed by atoms with Crippen molar-refractivity contribution in [2.24, 2.45) is 0 Å². The maximum Gasteiger partial charge on any atom is 0.379 e. The number of benzene rings is 1. The summed E-state index contributed by atoms with van der Waals surface area (Å²) in [4.78, 5) is 23.1. The molecule has 0 spiro atoms. The van der Waals surface area contributed by atoms with Gasteiger partial charge in [0.1, 0.15) is 5.75 Å². The van der Waals surface area contributed by atoms with E-state index in [2.05, 4.69) is 4.74 Å². The van der Waals surface area contributed by atoms with Crippen molar-refractivity contribution in [1.82, 2.24) is 0 Å². The lowest BCUT2D eigenvalue weighted by atomic mass is 10.1. The molecule has 0 aliphatic carbocycles. The van der Waals surface area contributed by atoms with Crippen LogP contribution in [0, 0.1) is 0 Å². The summed E-state index contributed by atoms with van der Waals surface area (Å²) in [5.74, 6) is -1.16. The summed E-state index contributed by atoms with van der Waals surface area (Å²) in [6, 6.07) is 4.49. The van der Waals surface area contributed by atoms with Gasteiger partial charge >= 0.3 is 5.97 Å². The molecule has 0 unspecified atom stereocenters. The Hall–Kier alpha value is -1.55. The second-order valence-electron chi connectivity index (χ2n) is 3.90. The zero-order valence-electron chi connectivity index (χ0n) is 11.1. The van der Waals surface area contributed by atoms with E-state index >= 15 is 0 Å². The highest BCUT2D eigenvalue weighted by molar-refractivity contribution is 6.41. The van der Waals surface area contributed by atoms with Crippen LogP contribution in [0.4, 0.5) is 0 Å². The highest BCUT2D eigenvalue weighted by Gasteiger charge is 2.18. The van der Waals surface area contributed by atoms with E-state index in [1.807, 2.05) is 6.92 Å². The highest BCUT2D eigenvalue weighted by Crippen LogP contribution is 2.26. The standard InChI is InChI=1S/C14H17ClO4/c1-3-5-8-19-12-9-10(6-7-11(12)15)13(16)14(17)18-4-2/h6-7,9H,3-5,8H2,1-2H3. The van der Waals surface area contributed by atoms with Gasteiger partial charge in [-0.25, -0.2) is 4.79 Å². The number of Topliss-reactive ketones (excluding diaryl/α,β-unsaturated/α-hetero) is 1. The molecule has 4 nitrogen and oxygen atoms in total. The number of halogens is 1. The van der Waals surface area contributed by atoms with Crippen LogP contribution in [0.1, 0.15) is 37.0 Å². The number of hydrogen-bond acceptors (Lipinski definition) is 4. The van der Waals surface area contributed by atoms with E-state index in [0.717, 1.165) is 12.8 Å². The Labute approximate surface area is 117 Å². The van der Waals surface area contributed by atoms with Crippen molar-refractivity contribution >= 4 is 23.4 Å². The van der Waals surface area contributed by atoms with Crippen LogP contribution in [0.5, 0.6) is 5.75 Å². The molecule has 0 amide bonds. The molecular formula is C14H17ClO4. The third-order valence-electron chi connectivity index (χ3n) is 2.41. The predicted octanol–water partition coefficient (Wildman–Crippen LogP) is 3.26. The van der Waals surface area contributed by atoms with Crippen molar-refractivity contribution in [2.45, 2.75) is 26.7 Å². The lowest BCUT2D eigenvalue weighted by Crippen LogP contribution is -2.17. The molecular weight excluding hydrogens is 268 g/mol. The van der Waals surface area contributed by atoms with Crippen LogP contribution in [0.15, 0.2) is 18.2 Å². The van der Waals surface area contributed by atoms with Crippen molar-refractivity contribution in [3.63, 3.8) is 0 Å². The Kier molecular flexibility index (Phi) is 6.36. The summed E-state index contributed by atoms with van der Waals surface area (Å²) in [5, 5.41) is 0.413. The molecule has 0 aliphatic rings. The maximum atomic E-state index is 11.8. The number of hydrogen-bond donors (Lipinski definition) is 0. The Morgan fingerprint density at radius 3 is 2.63 bits per heavy atom. The number of rotatable bonds is 7. The maximum absolute atomic E-state index is 11.8. The van der Waals surface area contributed by atoms with Crippen LogP contribution in [0.3, 0.4) is 0 Å². The van der Waals surface area contributed by atoms with E-state index in [1.165, 1.54) is 18.2 Å². The SMILES string of the molecule is CCCCOc1cc(C(=O)C(=O)OCC)ccc1Cl. The molecule has 0 saturated heterocycles. The molecule has 104 valence electrons. The lowest BCUT2D eigenvalue weighted by Gasteiger charge is -2.09. The minimum atomic E-state index is -0.871. The fourth-order valence-corrected chi connectivity index (χ4v) is 1.57. The van der Waals surface area contributed by atoms with Crippen LogP contribution in [-0.2, 0) is 9.53 Å². The minimum Gasteiger partial charge on any atom is -0.492 e. The molecule has 0 aliphatic heterocycles. The van der Waals surface area contributed by atoms with Crippen LogP contribution >= 0.6 is 11.6 Å². The van der Waals surface area contributed by atoms with Crippen molar-refractivity contribution in [2.75, 3.05) is 13.2 Å². The topological polar surface area (TPSA) is 52.6 Å². The fraction of sp³-hybridized carbons (Fsp3) is 0.429. The van der Waals surface area contributed by atoms with Crippen LogP contribution in [-0.4, -0.2) is 25.0 Å². The molecule has 19 heavy (non-hydrogen) atoms. The van der Waals surface area contributed by atoms with Crippen LogP contribution in [0.25, 0.3) is 0 Å². The summed E-state index contributed by atoms with van der Waals surface area (Å²) in [6.07, 6.45) is 1.89. The molecule has 1 aromatic carbocycles. The zero-order chi connectivity index (χ0) is 14.3. The zero-order valence-corrected chi connectivity index (χ0v) is 11.8. The summed E-state index contributed by atoms with van der Waals surface area (Å²) in [7, 11) is 0. The smallest absolute Gasteiger partial charge is 0.379 e. The van der Waals surface area contributed by atoms with E-state index in [4.69, 9.17) is 16.3 Å². The largest absolute Gasteiger partial charge is 0.492 e. The first-order chi connectivity index (χ1) is 9.10. The van der Waals surface area contributed by atoms with Crippen LogP contribution in [0.2, 0.25) is 5.02 Å². The molecule has 5 heteroatoms. The van der Waals surface area contributed by atoms with E-state index < -0.39 is 11.8 Å². The van der Waals surface area contributed by atoms with E-state index in [-0.39, 0.29) is 12.2 Å². The Balaban J connectivity index is 2.83. The van der Waals surface area contributed by atoms with E-state index in [9.17, 15) is 9.59 Å². The first-order valence-corrected chi connectivity index (χ1v) is 6.61. The monoisotopic (exact) mass is 284 g/mol. The van der Waals surface area contributed by atoms with Gasteiger partial charge in [0.25, 0.3) is 5.78 Å². The minimum absolute atomic E-state index is 0.165. The number of carbonyl (C=O) groups is 2. The van der Waals surface area contributed by atoms with Crippen molar-refractivity contribution in [3.05, 3.63) is 28.8 Å². The quantitative estimate of drug-likeness (QED) is 0.334. The van der Waals surface area contributed by atoms with E-state index in [0.29, 0.717) is 17.4 Å². The highest BCUT2D eigenvalue weighted by atomic mass is 35.5. The number of esters is 1. The molecule has 1 aromatic rings. The van der Waals surface area contributed by atoms with Gasteiger partial charge in [-0.1, -0.05) is 24.9 Å². The molecule has 0 radical (unpaired) electrons. The van der Waals surface area contributed by atoms with Gasteiger partial charge < -0.3 is 9.47 Å². The van der Waals surface area contributed by atoms with Gasteiger partial charge in [-0.3, -0.25) is 4.79 Å². The predicted molar refractivity (Wildman–Crippen MR) is 72.8 cm³/mol. The van der Waals surface area contributed by atoms with E-state index in [1.54, 1.807) is 6.92 Å². The van der Waals surface area contributed by atoms with Crippen molar-refractivity contribution in [3.8, 4) is 5.75 Å². The molecule has 0 aromatic heterocycles. The van der Waals surface area contributed by atoms with Gasteiger partial charge in [-0.2, -0.15) is 0 Å². The number of carbonyl (C=O) groups excluding carboxylic acids is 2. The van der Waals surface area contributed by atoms with Gasteiger partial charge in [0.2, 0.25) is 0 Å². The lowest BCUT2D eigenvalue weighted by molar-refractivity contribution is -0.137. The average Bonchev–Trinajstić information content (AvgIpc) is 2.40. The van der Waals surface area contributed by atoms with Gasteiger partial charge in [-0.15, -0.1) is 0 Å².